The lowest BCUT2D eigenvalue weighted by Gasteiger charge is -2.05. The Kier molecular flexibility index (Phi) is 6.07. The third-order valence-electron chi connectivity index (χ3n) is 3.48. The molecule has 0 bridgehead atoms. The number of nitriles is 1. The highest BCUT2D eigenvalue weighted by Crippen LogP contribution is 2.19. The summed E-state index contributed by atoms with van der Waals surface area (Å²) in [5.74, 6) is 0.857. The van der Waals surface area contributed by atoms with Crippen molar-refractivity contribution in [3.05, 3.63) is 65.5 Å². The number of anilines is 1. The zero-order valence-electron chi connectivity index (χ0n) is 14.5. The predicted octanol–water partition coefficient (Wildman–Crippen LogP) is 3.56. The molecule has 0 saturated heterocycles. The summed E-state index contributed by atoms with van der Waals surface area (Å²) in [6, 6.07) is 16.5. The number of hydrogen-bond acceptors (Lipinski definition) is 7. The van der Waals surface area contributed by atoms with Crippen LogP contribution < -0.4 is 10.1 Å². The van der Waals surface area contributed by atoms with Crippen molar-refractivity contribution in [3.8, 4) is 11.8 Å². The number of rotatable bonds is 7. The SMILES string of the molecule is Cc1ccc(OCc2nnc(SCC(=O)Nc3ccccc3C#N)o2)cc1. The molecule has 0 aliphatic heterocycles. The molecular formula is C19H16N4O3S. The highest BCUT2D eigenvalue weighted by molar-refractivity contribution is 7.99. The third kappa shape index (κ3) is 5.33. The average Bonchev–Trinajstić information content (AvgIpc) is 3.14. The Balaban J connectivity index is 1.48. The van der Waals surface area contributed by atoms with Crippen LogP contribution >= 0.6 is 11.8 Å². The van der Waals surface area contributed by atoms with E-state index >= 15 is 0 Å². The first-order chi connectivity index (χ1) is 13.1. The molecule has 0 radical (unpaired) electrons. The van der Waals surface area contributed by atoms with Crippen LogP contribution in [0, 0.1) is 18.3 Å². The molecule has 0 aliphatic carbocycles. The van der Waals surface area contributed by atoms with Crippen LogP contribution in [-0.4, -0.2) is 21.9 Å². The van der Waals surface area contributed by atoms with E-state index in [1.165, 1.54) is 0 Å². The van der Waals surface area contributed by atoms with Gasteiger partial charge in [-0.3, -0.25) is 4.79 Å². The molecule has 2 aromatic carbocycles. The summed E-state index contributed by atoms with van der Waals surface area (Å²) >= 11 is 1.11. The molecule has 27 heavy (non-hydrogen) atoms. The average molecular weight is 380 g/mol. The van der Waals surface area contributed by atoms with Crippen molar-refractivity contribution in [2.24, 2.45) is 0 Å². The third-order valence-corrected chi connectivity index (χ3v) is 4.30. The highest BCUT2D eigenvalue weighted by Gasteiger charge is 2.11. The number of nitrogens with one attached hydrogen (secondary N) is 1. The molecule has 1 aromatic heterocycles. The second-order valence-electron chi connectivity index (χ2n) is 5.56. The number of aromatic nitrogens is 2. The fraction of sp³-hybridized carbons (Fsp3) is 0.158. The van der Waals surface area contributed by atoms with Gasteiger partial charge in [0.05, 0.1) is 17.0 Å². The molecule has 7 nitrogen and oxygen atoms in total. The number of carbonyl (C=O) groups excluding carboxylic acids is 1. The highest BCUT2D eigenvalue weighted by atomic mass is 32.2. The number of ether oxygens (including phenoxy) is 1. The van der Waals surface area contributed by atoms with Crippen LogP contribution in [0.4, 0.5) is 5.69 Å². The topological polar surface area (TPSA) is 101 Å². The van der Waals surface area contributed by atoms with Crippen molar-refractivity contribution in [3.63, 3.8) is 0 Å². The first kappa shape index (κ1) is 18.5. The molecule has 0 atom stereocenters. The molecule has 136 valence electrons. The van der Waals surface area contributed by atoms with Gasteiger partial charge >= 0.3 is 0 Å². The van der Waals surface area contributed by atoms with Crippen molar-refractivity contribution < 1.29 is 13.9 Å². The number of para-hydroxylation sites is 1. The molecular weight excluding hydrogens is 364 g/mol. The molecule has 1 amide bonds. The predicted molar refractivity (Wildman–Crippen MR) is 100 cm³/mol. The van der Waals surface area contributed by atoms with Gasteiger partial charge in [0.15, 0.2) is 6.61 Å². The van der Waals surface area contributed by atoms with Gasteiger partial charge in [0, 0.05) is 0 Å². The van der Waals surface area contributed by atoms with E-state index in [2.05, 4.69) is 15.5 Å². The number of hydrogen-bond donors (Lipinski definition) is 1. The Morgan fingerprint density at radius 2 is 2.00 bits per heavy atom. The lowest BCUT2D eigenvalue weighted by molar-refractivity contribution is -0.113. The van der Waals surface area contributed by atoms with Crippen LogP contribution in [0.15, 0.2) is 58.2 Å². The van der Waals surface area contributed by atoms with E-state index in [1.807, 2.05) is 37.3 Å². The quantitative estimate of drug-likeness (QED) is 0.625. The molecule has 1 N–H and O–H groups in total. The van der Waals surface area contributed by atoms with E-state index in [4.69, 9.17) is 14.4 Å². The molecule has 0 unspecified atom stereocenters. The molecule has 3 rings (SSSR count). The maximum Gasteiger partial charge on any atom is 0.277 e. The molecule has 8 heteroatoms. The van der Waals surface area contributed by atoms with Gasteiger partial charge in [0.25, 0.3) is 11.1 Å². The van der Waals surface area contributed by atoms with Crippen molar-refractivity contribution in [2.45, 2.75) is 18.8 Å². The Morgan fingerprint density at radius 3 is 2.78 bits per heavy atom. The van der Waals surface area contributed by atoms with E-state index in [-0.39, 0.29) is 23.5 Å². The Labute approximate surface area is 160 Å². The van der Waals surface area contributed by atoms with E-state index < -0.39 is 0 Å². The second-order valence-corrected chi connectivity index (χ2v) is 6.48. The lowest BCUT2D eigenvalue weighted by Crippen LogP contribution is -2.14. The summed E-state index contributed by atoms with van der Waals surface area (Å²) in [6.07, 6.45) is 0. The molecule has 3 aromatic rings. The largest absolute Gasteiger partial charge is 0.484 e. The van der Waals surface area contributed by atoms with E-state index in [0.717, 1.165) is 17.3 Å². The minimum Gasteiger partial charge on any atom is -0.484 e. The number of amides is 1. The second kappa shape index (κ2) is 8.87. The van der Waals surface area contributed by atoms with Crippen LogP contribution in [0.2, 0.25) is 0 Å². The first-order valence-corrected chi connectivity index (χ1v) is 9.06. The van der Waals surface area contributed by atoms with Crippen LogP contribution in [-0.2, 0) is 11.4 Å². The minimum absolute atomic E-state index is 0.0835. The van der Waals surface area contributed by atoms with Gasteiger partial charge in [-0.15, -0.1) is 10.2 Å². The number of thioether (sulfide) groups is 1. The van der Waals surface area contributed by atoms with Gasteiger partial charge in [-0.05, 0) is 31.2 Å². The summed E-state index contributed by atoms with van der Waals surface area (Å²) in [5.41, 5.74) is 2.03. The van der Waals surface area contributed by atoms with Crippen LogP contribution in [0.3, 0.4) is 0 Å². The lowest BCUT2D eigenvalue weighted by atomic mass is 10.2. The summed E-state index contributed by atoms with van der Waals surface area (Å²) in [7, 11) is 0. The van der Waals surface area contributed by atoms with E-state index in [1.54, 1.807) is 24.3 Å². The number of nitrogens with zero attached hydrogens (tertiary/aromatic N) is 3. The Hall–Kier alpha value is -3.31. The smallest absolute Gasteiger partial charge is 0.277 e. The fourth-order valence-corrected chi connectivity index (χ4v) is 2.72. The van der Waals surface area contributed by atoms with Crippen LogP contribution in [0.1, 0.15) is 17.0 Å². The Morgan fingerprint density at radius 1 is 1.22 bits per heavy atom. The monoisotopic (exact) mass is 380 g/mol. The minimum atomic E-state index is -0.265. The van der Waals surface area contributed by atoms with Gasteiger partial charge in [0.2, 0.25) is 5.91 Å². The standard InChI is InChI=1S/C19H16N4O3S/c1-13-6-8-15(9-7-13)25-11-18-22-23-19(26-18)27-12-17(24)21-16-5-3-2-4-14(16)10-20/h2-9H,11-12H2,1H3,(H,21,24). The van der Waals surface area contributed by atoms with Gasteiger partial charge in [-0.1, -0.05) is 41.6 Å². The summed E-state index contributed by atoms with van der Waals surface area (Å²) in [5, 5.41) is 19.8. The zero-order valence-corrected chi connectivity index (χ0v) is 15.3. The van der Waals surface area contributed by atoms with Crippen LogP contribution in [0.5, 0.6) is 5.75 Å². The number of carbonyl (C=O) groups is 1. The van der Waals surface area contributed by atoms with Gasteiger partial charge in [0.1, 0.15) is 11.8 Å². The van der Waals surface area contributed by atoms with Crippen molar-refractivity contribution in [2.75, 3.05) is 11.1 Å². The Bertz CT molecular complexity index is 964. The summed E-state index contributed by atoms with van der Waals surface area (Å²) < 4.78 is 11.0. The fourth-order valence-electron chi connectivity index (χ4n) is 2.14. The number of aryl methyl sites for hydroxylation is 1. The van der Waals surface area contributed by atoms with Gasteiger partial charge in [-0.2, -0.15) is 5.26 Å². The molecule has 1 heterocycles. The molecule has 0 spiro atoms. The maximum atomic E-state index is 12.0. The van der Waals surface area contributed by atoms with Gasteiger partial charge < -0.3 is 14.5 Å². The number of benzene rings is 2. The molecule has 0 saturated carbocycles. The summed E-state index contributed by atoms with van der Waals surface area (Å²) in [6.45, 7) is 2.15. The molecule has 0 fully saturated rings. The zero-order chi connectivity index (χ0) is 19.1. The van der Waals surface area contributed by atoms with E-state index in [9.17, 15) is 4.79 Å². The summed E-state index contributed by atoms with van der Waals surface area (Å²) in [4.78, 5) is 12.0. The normalized spacial score (nSPS) is 10.2. The maximum absolute atomic E-state index is 12.0. The van der Waals surface area contributed by atoms with Crippen molar-refractivity contribution in [1.82, 2.24) is 10.2 Å². The van der Waals surface area contributed by atoms with Crippen LogP contribution in [0.25, 0.3) is 0 Å². The van der Waals surface area contributed by atoms with Gasteiger partial charge in [-0.25, -0.2) is 0 Å². The van der Waals surface area contributed by atoms with Crippen molar-refractivity contribution in [1.29, 1.82) is 5.26 Å². The van der Waals surface area contributed by atoms with Crippen molar-refractivity contribution >= 4 is 23.4 Å². The first-order valence-electron chi connectivity index (χ1n) is 8.07. The molecule has 0 aliphatic rings. The van der Waals surface area contributed by atoms with E-state index in [0.29, 0.717) is 22.9 Å².